The molecule has 4 rings (SSSR count). The van der Waals surface area contributed by atoms with Crippen LogP contribution in [0.3, 0.4) is 0 Å². The Hall–Kier alpha value is -3.69. The lowest BCUT2D eigenvalue weighted by atomic mass is 10.0. The molecule has 0 aliphatic carbocycles. The summed E-state index contributed by atoms with van der Waals surface area (Å²) in [7, 11) is 3.57. The summed E-state index contributed by atoms with van der Waals surface area (Å²) in [6.07, 6.45) is 6.81. The number of likely N-dealkylation sites (N-methyl/N-ethyl adjacent to an activating group) is 2. The van der Waals surface area contributed by atoms with E-state index in [0.717, 1.165) is 48.0 Å². The summed E-state index contributed by atoms with van der Waals surface area (Å²) in [5.41, 5.74) is 3.81. The Morgan fingerprint density at radius 2 is 2.12 bits per heavy atom. The SMILES string of the molecule is C=C(CN(C)C(C)CC/C(=C\C)C(=O)N1CCCC(Nc2ncc(Cl)c(-c3cc4ccccc4[nH]3)n2)C1)C(=O)NC. The molecule has 1 aromatic carbocycles. The number of carbonyl (C=O) groups excluding carboxylic acids is 2. The number of H-pyrrole nitrogens is 1. The summed E-state index contributed by atoms with van der Waals surface area (Å²) in [5, 5.41) is 7.60. The molecule has 2 aromatic heterocycles. The fraction of sp³-hybridized carbons (Fsp3) is 0.419. The standard InChI is InChI=1S/C31H40ClN7O2/c1-6-22(14-13-21(3)38(5)18-20(2)29(40)33-4)30(41)39-15-9-11-24(19-39)35-31-34-17-25(32)28(37-31)27-16-23-10-7-8-12-26(23)36-27/h6-8,10,12,16-17,21,24,36H,2,9,11,13-15,18-19H2,1,3-5H3,(H,33,40)(H,34,35,37)/b22-6+. The highest BCUT2D eigenvalue weighted by Crippen LogP contribution is 2.29. The molecule has 218 valence electrons. The van der Waals surface area contributed by atoms with Crippen molar-refractivity contribution in [3.63, 3.8) is 0 Å². The van der Waals surface area contributed by atoms with E-state index >= 15 is 0 Å². The number of rotatable bonds is 11. The largest absolute Gasteiger partial charge is 0.355 e. The van der Waals surface area contributed by atoms with Crippen molar-refractivity contribution in [2.24, 2.45) is 0 Å². The summed E-state index contributed by atoms with van der Waals surface area (Å²) >= 11 is 6.48. The fourth-order valence-electron chi connectivity index (χ4n) is 5.16. The molecule has 1 aliphatic rings. The maximum absolute atomic E-state index is 13.5. The molecule has 10 heteroatoms. The highest BCUT2D eigenvalue weighted by atomic mass is 35.5. The van der Waals surface area contributed by atoms with Crippen molar-refractivity contribution in [3.8, 4) is 11.4 Å². The molecular formula is C31H40ClN7O2. The molecule has 1 fully saturated rings. The van der Waals surface area contributed by atoms with Crippen molar-refractivity contribution >= 4 is 40.3 Å². The summed E-state index contributed by atoms with van der Waals surface area (Å²) in [6.45, 7) is 9.67. The Balaban J connectivity index is 1.35. The Labute approximate surface area is 247 Å². The Morgan fingerprint density at radius 3 is 2.85 bits per heavy atom. The van der Waals surface area contributed by atoms with E-state index in [1.54, 1.807) is 13.2 Å². The van der Waals surface area contributed by atoms with Crippen molar-refractivity contribution in [1.29, 1.82) is 0 Å². The minimum atomic E-state index is -0.153. The van der Waals surface area contributed by atoms with Crippen LogP contribution in [0.2, 0.25) is 5.02 Å². The first kappa shape index (κ1) is 30.3. The maximum atomic E-state index is 13.5. The quantitative estimate of drug-likeness (QED) is 0.276. The third-order valence-electron chi connectivity index (χ3n) is 7.77. The number of nitrogens with zero attached hydrogens (tertiary/aromatic N) is 4. The van der Waals surface area contributed by atoms with Crippen molar-refractivity contribution in [2.75, 3.05) is 39.0 Å². The van der Waals surface area contributed by atoms with Gasteiger partial charge in [-0.3, -0.25) is 14.5 Å². The van der Waals surface area contributed by atoms with Crippen LogP contribution in [0.25, 0.3) is 22.3 Å². The number of fused-ring (bicyclic) bond motifs is 1. The summed E-state index contributed by atoms with van der Waals surface area (Å²) < 4.78 is 0. The van der Waals surface area contributed by atoms with Gasteiger partial charge in [0.05, 0.1) is 16.9 Å². The van der Waals surface area contributed by atoms with Crippen molar-refractivity contribution in [1.82, 2.24) is 30.1 Å². The molecule has 3 aromatic rings. The van der Waals surface area contributed by atoms with E-state index < -0.39 is 0 Å². The first-order valence-corrected chi connectivity index (χ1v) is 14.5. The van der Waals surface area contributed by atoms with Gasteiger partial charge in [0.1, 0.15) is 5.69 Å². The van der Waals surface area contributed by atoms with E-state index in [4.69, 9.17) is 16.6 Å². The molecule has 9 nitrogen and oxygen atoms in total. The smallest absolute Gasteiger partial charge is 0.249 e. The second-order valence-corrected chi connectivity index (χ2v) is 11.1. The summed E-state index contributed by atoms with van der Waals surface area (Å²) in [6, 6.07) is 10.3. The minimum Gasteiger partial charge on any atom is -0.355 e. The van der Waals surface area contributed by atoms with Crippen LogP contribution in [0.1, 0.15) is 39.5 Å². The zero-order valence-corrected chi connectivity index (χ0v) is 25.1. The lowest BCUT2D eigenvalue weighted by molar-refractivity contribution is -0.128. The van der Waals surface area contributed by atoms with Crippen molar-refractivity contribution in [3.05, 3.63) is 65.4 Å². The fourth-order valence-corrected chi connectivity index (χ4v) is 5.35. The predicted molar refractivity (Wildman–Crippen MR) is 166 cm³/mol. The number of allylic oxidation sites excluding steroid dienone is 1. The second-order valence-electron chi connectivity index (χ2n) is 10.7. The van der Waals surface area contributed by atoms with Gasteiger partial charge in [-0.1, -0.05) is 42.5 Å². The molecule has 0 bridgehead atoms. The number of benzene rings is 1. The van der Waals surface area contributed by atoms with Crippen LogP contribution in [-0.4, -0.2) is 82.4 Å². The number of halogens is 1. The van der Waals surface area contributed by atoms with E-state index in [1.165, 1.54) is 0 Å². The number of amides is 2. The van der Waals surface area contributed by atoms with Gasteiger partial charge in [-0.15, -0.1) is 0 Å². The molecule has 3 heterocycles. The van der Waals surface area contributed by atoms with Crippen LogP contribution in [-0.2, 0) is 9.59 Å². The average Bonchev–Trinajstić information content (AvgIpc) is 3.42. The number of para-hydroxylation sites is 1. The third-order valence-corrected chi connectivity index (χ3v) is 8.04. The van der Waals surface area contributed by atoms with Gasteiger partial charge in [0.2, 0.25) is 17.8 Å². The summed E-state index contributed by atoms with van der Waals surface area (Å²) in [4.78, 5) is 41.8. The molecule has 2 atom stereocenters. The number of aromatic amines is 1. The van der Waals surface area contributed by atoms with Crippen LogP contribution in [0.15, 0.2) is 60.3 Å². The number of carbonyl (C=O) groups is 2. The monoisotopic (exact) mass is 577 g/mol. The average molecular weight is 578 g/mol. The molecule has 0 saturated carbocycles. The van der Waals surface area contributed by atoms with Crippen LogP contribution >= 0.6 is 11.6 Å². The summed E-state index contributed by atoms with van der Waals surface area (Å²) in [5.74, 6) is 0.406. The van der Waals surface area contributed by atoms with Crippen LogP contribution < -0.4 is 10.6 Å². The predicted octanol–water partition coefficient (Wildman–Crippen LogP) is 5.03. The van der Waals surface area contributed by atoms with Gasteiger partial charge >= 0.3 is 0 Å². The van der Waals surface area contributed by atoms with Gasteiger partial charge in [-0.05, 0) is 58.7 Å². The lowest BCUT2D eigenvalue weighted by Crippen LogP contribution is -2.46. The van der Waals surface area contributed by atoms with Gasteiger partial charge in [-0.2, -0.15) is 0 Å². The number of hydrogen-bond acceptors (Lipinski definition) is 6. The number of nitrogens with one attached hydrogen (secondary N) is 3. The Bertz CT molecular complexity index is 1400. The van der Waals surface area contributed by atoms with Gasteiger partial charge in [0, 0.05) is 60.8 Å². The van der Waals surface area contributed by atoms with Gasteiger partial charge < -0.3 is 20.5 Å². The van der Waals surface area contributed by atoms with E-state index in [2.05, 4.69) is 39.0 Å². The molecule has 2 amide bonds. The molecular weight excluding hydrogens is 538 g/mol. The highest BCUT2D eigenvalue weighted by Gasteiger charge is 2.27. The van der Waals surface area contributed by atoms with E-state index in [1.807, 2.05) is 55.3 Å². The zero-order valence-electron chi connectivity index (χ0n) is 24.3. The van der Waals surface area contributed by atoms with Gasteiger partial charge in [0.15, 0.2) is 0 Å². The van der Waals surface area contributed by atoms with Gasteiger partial charge in [-0.25, -0.2) is 9.97 Å². The minimum absolute atomic E-state index is 0.0309. The second kappa shape index (κ2) is 13.8. The molecule has 3 N–H and O–H groups in total. The van der Waals surface area contributed by atoms with Crippen LogP contribution in [0.5, 0.6) is 0 Å². The molecule has 0 radical (unpaired) electrons. The van der Waals surface area contributed by atoms with Gasteiger partial charge in [0.25, 0.3) is 0 Å². The Kier molecular flexibility index (Phi) is 10.2. The van der Waals surface area contributed by atoms with Crippen LogP contribution in [0.4, 0.5) is 5.95 Å². The zero-order chi connectivity index (χ0) is 29.5. The number of piperidine rings is 1. The number of likely N-dealkylation sites (tertiary alicyclic amines) is 1. The van der Waals surface area contributed by atoms with Crippen molar-refractivity contribution in [2.45, 2.75) is 51.6 Å². The first-order chi connectivity index (χ1) is 19.7. The molecule has 1 aliphatic heterocycles. The van der Waals surface area contributed by atoms with E-state index in [-0.39, 0.29) is 23.9 Å². The molecule has 1 saturated heterocycles. The molecule has 2 unspecified atom stereocenters. The normalized spacial score (nSPS) is 16.6. The number of anilines is 1. The lowest BCUT2D eigenvalue weighted by Gasteiger charge is -2.34. The van der Waals surface area contributed by atoms with E-state index in [9.17, 15) is 9.59 Å². The molecule has 41 heavy (non-hydrogen) atoms. The topological polar surface area (TPSA) is 106 Å². The number of aromatic nitrogens is 3. The Morgan fingerprint density at radius 1 is 1.34 bits per heavy atom. The number of hydrogen-bond donors (Lipinski definition) is 3. The van der Waals surface area contributed by atoms with Crippen LogP contribution in [0, 0.1) is 0 Å². The van der Waals surface area contributed by atoms with Crippen molar-refractivity contribution < 1.29 is 9.59 Å². The maximum Gasteiger partial charge on any atom is 0.249 e. The molecule has 0 spiro atoms. The highest BCUT2D eigenvalue weighted by molar-refractivity contribution is 6.32. The van der Waals surface area contributed by atoms with E-state index in [0.29, 0.717) is 41.7 Å². The third kappa shape index (κ3) is 7.54. The first-order valence-electron chi connectivity index (χ1n) is 14.1.